The van der Waals surface area contributed by atoms with E-state index in [0.717, 1.165) is 42.6 Å². The van der Waals surface area contributed by atoms with Crippen LogP contribution < -0.4 is 10.5 Å². The van der Waals surface area contributed by atoms with Crippen LogP contribution >= 0.6 is 0 Å². The molecule has 98 valence electrons. The molecule has 0 unspecified atom stereocenters. The van der Waals surface area contributed by atoms with Gasteiger partial charge in [0.1, 0.15) is 11.6 Å². The molecule has 4 heteroatoms. The van der Waals surface area contributed by atoms with Gasteiger partial charge in [0.2, 0.25) is 0 Å². The molecule has 1 aliphatic carbocycles. The summed E-state index contributed by atoms with van der Waals surface area (Å²) in [6.45, 7) is 0.623. The van der Waals surface area contributed by atoms with E-state index in [2.05, 4.69) is 0 Å². The molecule has 1 aromatic carbocycles. The lowest BCUT2D eigenvalue weighted by Gasteiger charge is -2.36. The first-order valence-electron chi connectivity index (χ1n) is 6.51. The van der Waals surface area contributed by atoms with Crippen LogP contribution in [-0.4, -0.2) is 6.79 Å². The van der Waals surface area contributed by atoms with Crippen molar-refractivity contribution in [2.45, 2.75) is 44.2 Å². The molecule has 18 heavy (non-hydrogen) atoms. The van der Waals surface area contributed by atoms with Crippen LogP contribution in [0, 0.1) is 5.82 Å². The van der Waals surface area contributed by atoms with Crippen LogP contribution in [0.15, 0.2) is 12.1 Å². The zero-order valence-electron chi connectivity index (χ0n) is 10.4. The summed E-state index contributed by atoms with van der Waals surface area (Å²) in [5.74, 6) is 0.486. The van der Waals surface area contributed by atoms with E-state index in [9.17, 15) is 4.39 Å². The zero-order valence-corrected chi connectivity index (χ0v) is 10.4. The second-order valence-corrected chi connectivity index (χ2v) is 5.27. The molecule has 2 aliphatic rings. The maximum absolute atomic E-state index is 13.7. The van der Waals surface area contributed by atoms with E-state index < -0.39 is 5.54 Å². The molecule has 0 radical (unpaired) electrons. The second kappa shape index (κ2) is 4.52. The van der Waals surface area contributed by atoms with E-state index in [1.54, 1.807) is 0 Å². The summed E-state index contributed by atoms with van der Waals surface area (Å²) in [5, 5.41) is 0. The van der Waals surface area contributed by atoms with Crippen molar-refractivity contribution in [3.05, 3.63) is 29.1 Å². The van der Waals surface area contributed by atoms with E-state index in [4.69, 9.17) is 15.2 Å². The Hall–Kier alpha value is -1.13. The van der Waals surface area contributed by atoms with Crippen molar-refractivity contribution in [3.8, 4) is 5.75 Å². The number of halogens is 1. The normalized spacial score (nSPS) is 22.1. The molecule has 3 rings (SSSR count). The van der Waals surface area contributed by atoms with Gasteiger partial charge in [0.15, 0.2) is 6.79 Å². The van der Waals surface area contributed by atoms with Crippen LogP contribution in [0.5, 0.6) is 5.75 Å². The van der Waals surface area contributed by atoms with Crippen LogP contribution in [0.3, 0.4) is 0 Å². The minimum atomic E-state index is -0.443. The van der Waals surface area contributed by atoms with Gasteiger partial charge in [-0.25, -0.2) is 4.39 Å². The van der Waals surface area contributed by atoms with Gasteiger partial charge in [-0.15, -0.1) is 0 Å². The first kappa shape index (κ1) is 11.9. The highest BCUT2D eigenvalue weighted by atomic mass is 19.1. The van der Waals surface area contributed by atoms with E-state index in [0.29, 0.717) is 6.61 Å². The summed E-state index contributed by atoms with van der Waals surface area (Å²) in [7, 11) is 0. The van der Waals surface area contributed by atoms with Crippen molar-refractivity contribution in [2.75, 3.05) is 6.79 Å². The van der Waals surface area contributed by atoms with E-state index in [1.807, 2.05) is 0 Å². The third-order valence-electron chi connectivity index (χ3n) is 3.96. The van der Waals surface area contributed by atoms with Crippen molar-refractivity contribution >= 4 is 0 Å². The number of nitrogens with two attached hydrogens (primary N) is 1. The van der Waals surface area contributed by atoms with Gasteiger partial charge in [-0.2, -0.15) is 0 Å². The molecular weight excluding hydrogens is 233 g/mol. The van der Waals surface area contributed by atoms with Crippen LogP contribution in [-0.2, 0) is 16.9 Å². The lowest BCUT2D eigenvalue weighted by atomic mass is 9.76. The first-order chi connectivity index (χ1) is 8.69. The first-order valence-corrected chi connectivity index (χ1v) is 6.51. The van der Waals surface area contributed by atoms with Crippen molar-refractivity contribution in [1.82, 2.24) is 0 Å². The molecule has 1 saturated carbocycles. The third-order valence-corrected chi connectivity index (χ3v) is 3.96. The Kier molecular flexibility index (Phi) is 2.99. The van der Waals surface area contributed by atoms with Crippen LogP contribution in [0.25, 0.3) is 0 Å². The van der Waals surface area contributed by atoms with Crippen molar-refractivity contribution in [3.63, 3.8) is 0 Å². The third kappa shape index (κ3) is 1.99. The standard InChI is InChI=1S/C14H18FNO2/c15-11-6-10-8-17-9-18-13(10)12(7-11)14(16)4-2-1-3-5-14/h6-7H,1-5,8-9,16H2. The summed E-state index contributed by atoms with van der Waals surface area (Å²) in [5.41, 5.74) is 7.63. The Balaban J connectivity index is 2.07. The lowest BCUT2D eigenvalue weighted by molar-refractivity contribution is -0.0183. The monoisotopic (exact) mass is 251 g/mol. The molecule has 0 atom stereocenters. The summed E-state index contributed by atoms with van der Waals surface area (Å²) in [6, 6.07) is 3.01. The molecule has 1 fully saturated rings. The molecule has 3 nitrogen and oxygen atoms in total. The van der Waals surface area contributed by atoms with Crippen LogP contribution in [0.2, 0.25) is 0 Å². The quantitative estimate of drug-likeness (QED) is 0.834. The fraction of sp³-hybridized carbons (Fsp3) is 0.571. The van der Waals surface area contributed by atoms with Crippen molar-refractivity contribution < 1.29 is 13.9 Å². The van der Waals surface area contributed by atoms with Gasteiger partial charge in [-0.05, 0) is 25.0 Å². The number of hydrogen-bond donors (Lipinski definition) is 1. The SMILES string of the molecule is NC1(c2cc(F)cc3c2OCOC3)CCCCC1. The molecule has 2 N–H and O–H groups in total. The molecule has 1 heterocycles. The van der Waals surface area contributed by atoms with E-state index >= 15 is 0 Å². The molecule has 0 spiro atoms. The molecule has 1 aliphatic heterocycles. The molecule has 0 amide bonds. The minimum Gasteiger partial charge on any atom is -0.467 e. The van der Waals surface area contributed by atoms with Crippen LogP contribution in [0.4, 0.5) is 4.39 Å². The Morgan fingerprint density at radius 2 is 1.94 bits per heavy atom. The van der Waals surface area contributed by atoms with Gasteiger partial charge < -0.3 is 15.2 Å². The Morgan fingerprint density at radius 1 is 1.17 bits per heavy atom. The Morgan fingerprint density at radius 3 is 2.72 bits per heavy atom. The highest BCUT2D eigenvalue weighted by Gasteiger charge is 2.34. The Bertz CT molecular complexity index is 455. The molecule has 0 aromatic heterocycles. The van der Waals surface area contributed by atoms with Gasteiger partial charge in [-0.3, -0.25) is 0 Å². The summed E-state index contributed by atoms with van der Waals surface area (Å²) < 4.78 is 24.5. The largest absolute Gasteiger partial charge is 0.467 e. The zero-order chi connectivity index (χ0) is 12.6. The van der Waals surface area contributed by atoms with Gasteiger partial charge in [-0.1, -0.05) is 19.3 Å². The minimum absolute atomic E-state index is 0.224. The van der Waals surface area contributed by atoms with Crippen molar-refractivity contribution in [1.29, 1.82) is 0 Å². The fourth-order valence-corrected chi connectivity index (χ4v) is 3.00. The molecular formula is C14H18FNO2. The van der Waals surface area contributed by atoms with Crippen LogP contribution in [0.1, 0.15) is 43.2 Å². The number of benzene rings is 1. The number of fused-ring (bicyclic) bond motifs is 1. The summed E-state index contributed by atoms with van der Waals surface area (Å²) >= 11 is 0. The maximum Gasteiger partial charge on any atom is 0.189 e. The smallest absolute Gasteiger partial charge is 0.189 e. The van der Waals surface area contributed by atoms with E-state index in [1.165, 1.54) is 18.6 Å². The van der Waals surface area contributed by atoms with Gasteiger partial charge >= 0.3 is 0 Å². The number of hydrogen-bond acceptors (Lipinski definition) is 3. The summed E-state index contributed by atoms with van der Waals surface area (Å²) in [4.78, 5) is 0. The number of ether oxygens (including phenoxy) is 2. The Labute approximate surface area is 106 Å². The highest BCUT2D eigenvalue weighted by molar-refractivity contribution is 5.46. The summed E-state index contributed by atoms with van der Waals surface area (Å²) in [6.07, 6.45) is 5.19. The van der Waals surface area contributed by atoms with Gasteiger partial charge in [0.25, 0.3) is 0 Å². The van der Waals surface area contributed by atoms with Gasteiger partial charge in [0, 0.05) is 16.7 Å². The lowest BCUT2D eigenvalue weighted by Crippen LogP contribution is -2.39. The molecule has 0 saturated heterocycles. The highest BCUT2D eigenvalue weighted by Crippen LogP contribution is 2.42. The molecule has 1 aromatic rings. The average molecular weight is 251 g/mol. The van der Waals surface area contributed by atoms with Gasteiger partial charge in [0.05, 0.1) is 6.61 Å². The fourth-order valence-electron chi connectivity index (χ4n) is 3.00. The second-order valence-electron chi connectivity index (χ2n) is 5.27. The van der Waals surface area contributed by atoms with E-state index in [-0.39, 0.29) is 12.6 Å². The maximum atomic E-state index is 13.7. The predicted octanol–water partition coefficient (Wildman–Crippen LogP) is 2.81. The molecule has 0 bridgehead atoms. The average Bonchev–Trinajstić information content (AvgIpc) is 2.38. The predicted molar refractivity (Wildman–Crippen MR) is 65.6 cm³/mol. The number of rotatable bonds is 1. The van der Waals surface area contributed by atoms with Crippen molar-refractivity contribution in [2.24, 2.45) is 5.73 Å². The topological polar surface area (TPSA) is 44.5 Å².